The summed E-state index contributed by atoms with van der Waals surface area (Å²) in [4.78, 5) is 7.57. The van der Waals surface area contributed by atoms with Crippen molar-refractivity contribution in [2.45, 2.75) is 23.6 Å². The van der Waals surface area contributed by atoms with E-state index in [0.29, 0.717) is 13.0 Å². The van der Waals surface area contributed by atoms with Gasteiger partial charge < -0.3 is 10.2 Å². The first-order valence-electron chi connectivity index (χ1n) is 9.22. The van der Waals surface area contributed by atoms with E-state index >= 15 is 0 Å². The van der Waals surface area contributed by atoms with E-state index in [-0.39, 0.29) is 35.5 Å². The van der Waals surface area contributed by atoms with Crippen molar-refractivity contribution in [1.29, 1.82) is 0 Å². The molecule has 0 saturated carbocycles. The van der Waals surface area contributed by atoms with Crippen LogP contribution >= 0.6 is 35.7 Å². The fraction of sp³-hybridized carbons (Fsp3) is 0.381. The normalized spacial score (nSPS) is 11.6. The molecule has 0 spiro atoms. The Morgan fingerprint density at radius 3 is 2.31 bits per heavy atom. The second kappa shape index (κ2) is 13.1. The maximum atomic E-state index is 12.3. The number of nitrogens with one attached hydrogen (secondary N) is 1. The lowest BCUT2D eigenvalue weighted by molar-refractivity contribution is 0.476. The van der Waals surface area contributed by atoms with E-state index in [2.05, 4.69) is 40.8 Å². The van der Waals surface area contributed by atoms with E-state index in [9.17, 15) is 8.42 Å². The second-order valence-corrected chi connectivity index (χ2v) is 9.67. The molecule has 0 fully saturated rings. The third kappa shape index (κ3) is 9.39. The summed E-state index contributed by atoms with van der Waals surface area (Å²) in [7, 11) is 0.604. The molecule has 5 nitrogen and oxygen atoms in total. The highest BCUT2D eigenvalue weighted by Gasteiger charge is 2.12. The van der Waals surface area contributed by atoms with Crippen LogP contribution in [0.2, 0.25) is 0 Å². The highest BCUT2D eigenvalue weighted by atomic mass is 127. The average molecular weight is 548 g/mol. The molecule has 0 aliphatic rings. The Balaban J connectivity index is 0.00000420. The highest BCUT2D eigenvalue weighted by molar-refractivity contribution is 14.0. The first-order chi connectivity index (χ1) is 13.4. The minimum atomic E-state index is -3.11. The third-order valence-electron chi connectivity index (χ3n) is 4.30. The van der Waals surface area contributed by atoms with Gasteiger partial charge in [-0.15, -0.1) is 35.7 Å². The zero-order valence-corrected chi connectivity index (χ0v) is 21.1. The number of hydrogen-bond acceptors (Lipinski definition) is 4. The fourth-order valence-electron chi connectivity index (χ4n) is 2.86. The molecule has 0 bridgehead atoms. The van der Waals surface area contributed by atoms with Crippen molar-refractivity contribution in [3.05, 3.63) is 65.7 Å². The Bertz CT molecular complexity index is 857. The summed E-state index contributed by atoms with van der Waals surface area (Å²) in [6, 6.07) is 17.8. The first-order valence-corrected chi connectivity index (χ1v) is 12.3. The van der Waals surface area contributed by atoms with Crippen LogP contribution in [0.15, 0.2) is 64.5 Å². The first kappa shape index (κ1) is 25.8. The number of sulfone groups is 1. The van der Waals surface area contributed by atoms with Crippen LogP contribution in [0.4, 0.5) is 0 Å². The molecule has 0 aromatic heterocycles. The monoisotopic (exact) mass is 547 g/mol. The lowest BCUT2D eigenvalue weighted by Crippen LogP contribution is -2.39. The fourth-order valence-corrected chi connectivity index (χ4v) is 4.69. The van der Waals surface area contributed by atoms with Gasteiger partial charge in [-0.05, 0) is 35.9 Å². The zero-order chi connectivity index (χ0) is 20.4. The maximum absolute atomic E-state index is 12.3. The Morgan fingerprint density at radius 1 is 1.07 bits per heavy atom. The SMILES string of the molecule is CN=C(NCCCS(=O)(=O)Cc1ccccc1)N(C)Cc1ccc(SC)cc1.I. The summed E-state index contributed by atoms with van der Waals surface area (Å²) in [6.07, 6.45) is 2.61. The molecule has 8 heteroatoms. The van der Waals surface area contributed by atoms with Gasteiger partial charge in [-0.2, -0.15) is 0 Å². The van der Waals surface area contributed by atoms with Crippen molar-refractivity contribution in [3.63, 3.8) is 0 Å². The summed E-state index contributed by atoms with van der Waals surface area (Å²) in [5.74, 6) is 1.01. The topological polar surface area (TPSA) is 61.8 Å². The quantitative estimate of drug-likeness (QED) is 0.169. The summed E-state index contributed by atoms with van der Waals surface area (Å²) in [5.41, 5.74) is 2.03. The van der Waals surface area contributed by atoms with Crippen LogP contribution in [-0.4, -0.2) is 51.9 Å². The molecular formula is C21H30IN3O2S2. The predicted molar refractivity (Wildman–Crippen MR) is 135 cm³/mol. The third-order valence-corrected chi connectivity index (χ3v) is 6.72. The van der Waals surface area contributed by atoms with E-state index in [1.807, 2.05) is 42.3 Å². The lowest BCUT2D eigenvalue weighted by atomic mass is 10.2. The van der Waals surface area contributed by atoms with Gasteiger partial charge in [-0.1, -0.05) is 42.5 Å². The zero-order valence-electron chi connectivity index (χ0n) is 17.2. The number of guanidine groups is 1. The van der Waals surface area contributed by atoms with Crippen molar-refractivity contribution in [2.75, 3.05) is 32.6 Å². The van der Waals surface area contributed by atoms with Crippen LogP contribution in [-0.2, 0) is 22.1 Å². The highest BCUT2D eigenvalue weighted by Crippen LogP contribution is 2.15. The van der Waals surface area contributed by atoms with Gasteiger partial charge in [0.1, 0.15) is 0 Å². The largest absolute Gasteiger partial charge is 0.356 e. The van der Waals surface area contributed by atoms with Gasteiger partial charge in [0.15, 0.2) is 15.8 Å². The van der Waals surface area contributed by atoms with Gasteiger partial charge in [0, 0.05) is 32.1 Å². The Hall–Kier alpha value is -1.26. The molecule has 0 radical (unpaired) electrons. The van der Waals surface area contributed by atoms with Crippen molar-refractivity contribution < 1.29 is 8.42 Å². The van der Waals surface area contributed by atoms with Crippen molar-refractivity contribution >= 4 is 51.5 Å². The molecule has 29 heavy (non-hydrogen) atoms. The summed E-state index contributed by atoms with van der Waals surface area (Å²) < 4.78 is 24.5. The van der Waals surface area contributed by atoms with Gasteiger partial charge in [-0.25, -0.2) is 8.42 Å². The lowest BCUT2D eigenvalue weighted by Gasteiger charge is -2.22. The van der Waals surface area contributed by atoms with Crippen molar-refractivity contribution in [2.24, 2.45) is 4.99 Å². The molecule has 2 aromatic carbocycles. The Kier molecular flexibility index (Phi) is 11.7. The summed E-state index contributed by atoms with van der Waals surface area (Å²) >= 11 is 1.72. The van der Waals surface area contributed by atoms with E-state index in [0.717, 1.165) is 18.1 Å². The minimum Gasteiger partial charge on any atom is -0.356 e. The molecule has 0 amide bonds. The van der Waals surface area contributed by atoms with Gasteiger partial charge >= 0.3 is 0 Å². The van der Waals surface area contributed by atoms with E-state index in [4.69, 9.17) is 0 Å². The van der Waals surface area contributed by atoms with Gasteiger partial charge in [0.05, 0.1) is 11.5 Å². The molecule has 160 valence electrons. The second-order valence-electron chi connectivity index (χ2n) is 6.61. The number of hydrogen-bond donors (Lipinski definition) is 1. The molecule has 1 N–H and O–H groups in total. The van der Waals surface area contributed by atoms with E-state index < -0.39 is 9.84 Å². The molecule has 2 rings (SSSR count). The van der Waals surface area contributed by atoms with Crippen molar-refractivity contribution in [3.8, 4) is 0 Å². The van der Waals surface area contributed by atoms with Crippen LogP contribution in [0.3, 0.4) is 0 Å². The van der Waals surface area contributed by atoms with Crippen LogP contribution in [0, 0.1) is 0 Å². The van der Waals surface area contributed by atoms with Gasteiger partial charge in [0.25, 0.3) is 0 Å². The molecule has 2 aromatic rings. The van der Waals surface area contributed by atoms with Gasteiger partial charge in [-0.3, -0.25) is 4.99 Å². The number of nitrogens with zero attached hydrogens (tertiary/aromatic N) is 2. The van der Waals surface area contributed by atoms with Gasteiger partial charge in [0.2, 0.25) is 0 Å². The maximum Gasteiger partial charge on any atom is 0.193 e. The molecule has 0 aliphatic heterocycles. The van der Waals surface area contributed by atoms with E-state index in [1.54, 1.807) is 18.8 Å². The van der Waals surface area contributed by atoms with E-state index in [1.165, 1.54) is 10.5 Å². The molecule has 0 aliphatic carbocycles. The van der Waals surface area contributed by atoms with Crippen LogP contribution in [0.5, 0.6) is 0 Å². The smallest absolute Gasteiger partial charge is 0.193 e. The standard InChI is InChI=1S/C21H29N3O2S2.HI/c1-22-21(24(2)16-18-10-12-20(27-3)13-11-18)23-14-7-15-28(25,26)17-19-8-5-4-6-9-19;/h4-6,8-13H,7,14-17H2,1-3H3,(H,22,23);1H. The molecule has 0 heterocycles. The number of rotatable bonds is 9. The number of benzene rings is 2. The Morgan fingerprint density at radius 2 is 1.72 bits per heavy atom. The van der Waals surface area contributed by atoms with Crippen molar-refractivity contribution in [1.82, 2.24) is 10.2 Å². The number of thioether (sulfide) groups is 1. The molecule has 0 atom stereocenters. The van der Waals surface area contributed by atoms with Crippen LogP contribution in [0.1, 0.15) is 17.5 Å². The molecule has 0 saturated heterocycles. The summed E-state index contributed by atoms with van der Waals surface area (Å²) in [5, 5.41) is 3.26. The van der Waals surface area contributed by atoms with Crippen LogP contribution in [0.25, 0.3) is 0 Å². The number of halogens is 1. The average Bonchev–Trinajstić information content (AvgIpc) is 2.69. The molecule has 0 unspecified atom stereocenters. The minimum absolute atomic E-state index is 0. The summed E-state index contributed by atoms with van der Waals surface area (Å²) in [6.45, 7) is 1.30. The predicted octanol–water partition coefficient (Wildman–Crippen LogP) is 4.04. The Labute approximate surface area is 196 Å². The molecular weight excluding hydrogens is 517 g/mol. The number of aliphatic imine (C=N–C) groups is 1. The van der Waals surface area contributed by atoms with Crippen LogP contribution < -0.4 is 5.32 Å².